The Kier molecular flexibility index (Phi) is 7.12. The van der Waals surface area contributed by atoms with Crippen molar-refractivity contribution < 1.29 is 17.6 Å². The summed E-state index contributed by atoms with van der Waals surface area (Å²) in [6, 6.07) is 11.4. The number of nitrogens with one attached hydrogen (secondary N) is 1. The summed E-state index contributed by atoms with van der Waals surface area (Å²) < 4.78 is 38.8. The van der Waals surface area contributed by atoms with E-state index in [9.17, 15) is 17.6 Å². The van der Waals surface area contributed by atoms with Gasteiger partial charge in [0, 0.05) is 55.1 Å². The van der Waals surface area contributed by atoms with Gasteiger partial charge in [-0.3, -0.25) is 14.4 Å². The highest BCUT2D eigenvalue weighted by Gasteiger charge is 2.21. The predicted molar refractivity (Wildman–Crippen MR) is 117 cm³/mol. The fourth-order valence-corrected chi connectivity index (χ4v) is 3.97. The Bertz CT molecular complexity index is 1010. The summed E-state index contributed by atoms with van der Waals surface area (Å²) in [4.78, 5) is 16.3. The van der Waals surface area contributed by atoms with Crippen LogP contribution in [0.3, 0.4) is 0 Å². The standard InChI is InChI=1S/C21H23ClFN3O3S/c1-30(28,29)24-17-8-5-16(6-9-17)7-10-21(27)26-13-11-25(12-14-26)15-18-19(22)3-2-4-20(18)23/h2-10,24H,11-15H2,1H3/b10-7+. The van der Waals surface area contributed by atoms with E-state index in [2.05, 4.69) is 9.62 Å². The van der Waals surface area contributed by atoms with Crippen molar-refractivity contribution in [2.75, 3.05) is 37.2 Å². The normalized spacial score (nSPS) is 15.5. The lowest BCUT2D eigenvalue weighted by Gasteiger charge is -2.34. The highest BCUT2D eigenvalue weighted by atomic mass is 35.5. The number of carbonyl (C=O) groups excluding carboxylic acids is 1. The number of benzene rings is 2. The molecule has 1 heterocycles. The first-order chi connectivity index (χ1) is 14.2. The highest BCUT2D eigenvalue weighted by Crippen LogP contribution is 2.21. The summed E-state index contributed by atoms with van der Waals surface area (Å²) in [7, 11) is -3.32. The number of piperazine rings is 1. The van der Waals surface area contributed by atoms with Gasteiger partial charge in [0.05, 0.1) is 6.26 Å². The molecule has 0 aliphatic carbocycles. The maximum atomic E-state index is 14.0. The Labute approximate surface area is 181 Å². The van der Waals surface area contributed by atoms with Crippen LogP contribution < -0.4 is 4.72 Å². The third kappa shape index (κ3) is 6.29. The van der Waals surface area contributed by atoms with Crippen molar-refractivity contribution in [2.24, 2.45) is 0 Å². The summed E-state index contributed by atoms with van der Waals surface area (Å²) in [6.07, 6.45) is 4.28. The zero-order chi connectivity index (χ0) is 21.7. The minimum absolute atomic E-state index is 0.100. The molecule has 1 amide bonds. The van der Waals surface area contributed by atoms with E-state index in [0.29, 0.717) is 49.0 Å². The van der Waals surface area contributed by atoms with Crippen LogP contribution in [0.1, 0.15) is 11.1 Å². The summed E-state index contributed by atoms with van der Waals surface area (Å²) in [5, 5.41) is 0.411. The average Bonchev–Trinajstić information content (AvgIpc) is 2.69. The molecule has 9 heteroatoms. The van der Waals surface area contributed by atoms with Gasteiger partial charge in [-0.2, -0.15) is 0 Å². The minimum atomic E-state index is -3.32. The van der Waals surface area contributed by atoms with Gasteiger partial charge in [0.2, 0.25) is 15.9 Å². The molecule has 6 nitrogen and oxygen atoms in total. The van der Waals surface area contributed by atoms with Crippen LogP contribution in [0.4, 0.5) is 10.1 Å². The van der Waals surface area contributed by atoms with E-state index >= 15 is 0 Å². The molecule has 2 aromatic carbocycles. The Balaban J connectivity index is 1.51. The first-order valence-corrected chi connectivity index (χ1v) is 11.7. The van der Waals surface area contributed by atoms with Gasteiger partial charge < -0.3 is 4.90 Å². The number of nitrogens with zero attached hydrogens (tertiary/aromatic N) is 2. The molecule has 30 heavy (non-hydrogen) atoms. The van der Waals surface area contributed by atoms with Crippen LogP contribution in [0, 0.1) is 5.82 Å². The van der Waals surface area contributed by atoms with Gasteiger partial charge >= 0.3 is 0 Å². The largest absolute Gasteiger partial charge is 0.337 e. The average molecular weight is 452 g/mol. The van der Waals surface area contributed by atoms with Crippen LogP contribution in [0.5, 0.6) is 0 Å². The van der Waals surface area contributed by atoms with Crippen LogP contribution in [0.15, 0.2) is 48.5 Å². The van der Waals surface area contributed by atoms with Crippen molar-refractivity contribution in [2.45, 2.75) is 6.54 Å². The maximum Gasteiger partial charge on any atom is 0.246 e. The monoisotopic (exact) mass is 451 g/mol. The van der Waals surface area contributed by atoms with E-state index in [1.807, 2.05) is 0 Å². The number of hydrogen-bond donors (Lipinski definition) is 1. The zero-order valence-corrected chi connectivity index (χ0v) is 18.1. The molecule has 1 aliphatic rings. The number of rotatable bonds is 6. The van der Waals surface area contributed by atoms with Gasteiger partial charge in [-0.05, 0) is 35.9 Å². The van der Waals surface area contributed by atoms with Gasteiger partial charge in [0.15, 0.2) is 0 Å². The van der Waals surface area contributed by atoms with E-state index in [0.717, 1.165) is 11.8 Å². The Morgan fingerprint density at radius 3 is 2.40 bits per heavy atom. The number of carbonyl (C=O) groups is 1. The van der Waals surface area contributed by atoms with Gasteiger partial charge in [-0.15, -0.1) is 0 Å². The smallest absolute Gasteiger partial charge is 0.246 e. The molecule has 0 spiro atoms. The third-order valence-electron chi connectivity index (χ3n) is 4.76. The topological polar surface area (TPSA) is 69.7 Å². The second-order valence-electron chi connectivity index (χ2n) is 7.13. The molecule has 2 aromatic rings. The van der Waals surface area contributed by atoms with Gasteiger partial charge in [-0.25, -0.2) is 12.8 Å². The van der Waals surface area contributed by atoms with Crippen LogP contribution in [-0.4, -0.2) is 56.6 Å². The predicted octanol–water partition coefficient (Wildman–Crippen LogP) is 3.21. The quantitative estimate of drug-likeness (QED) is 0.685. The van der Waals surface area contributed by atoms with Crippen molar-refractivity contribution >= 4 is 39.3 Å². The van der Waals surface area contributed by atoms with E-state index < -0.39 is 10.0 Å². The second kappa shape index (κ2) is 9.59. The molecule has 0 aromatic heterocycles. The Morgan fingerprint density at radius 1 is 1.13 bits per heavy atom. The van der Waals surface area contributed by atoms with Crippen LogP contribution in [0.25, 0.3) is 6.08 Å². The Hall–Kier alpha value is -2.42. The van der Waals surface area contributed by atoms with Crippen LogP contribution in [0.2, 0.25) is 5.02 Å². The number of sulfonamides is 1. The SMILES string of the molecule is CS(=O)(=O)Nc1ccc(/C=C/C(=O)N2CCN(Cc3c(F)cccc3Cl)CC2)cc1. The fourth-order valence-electron chi connectivity index (χ4n) is 3.18. The van der Waals surface area contributed by atoms with Crippen molar-refractivity contribution in [3.63, 3.8) is 0 Å². The lowest BCUT2D eigenvalue weighted by atomic mass is 10.1. The molecule has 1 N–H and O–H groups in total. The first-order valence-electron chi connectivity index (χ1n) is 9.41. The summed E-state index contributed by atoms with van der Waals surface area (Å²) in [5.41, 5.74) is 1.73. The molecule has 0 unspecified atom stereocenters. The molecule has 1 aliphatic heterocycles. The molecule has 0 radical (unpaired) electrons. The number of amides is 1. The summed E-state index contributed by atoms with van der Waals surface area (Å²) in [5.74, 6) is -0.418. The van der Waals surface area contributed by atoms with Gasteiger partial charge in [0.1, 0.15) is 5.82 Å². The number of hydrogen-bond acceptors (Lipinski definition) is 4. The fraction of sp³-hybridized carbons (Fsp3) is 0.286. The van der Waals surface area contributed by atoms with E-state index in [-0.39, 0.29) is 11.7 Å². The van der Waals surface area contributed by atoms with Crippen molar-refractivity contribution in [3.05, 3.63) is 70.5 Å². The minimum Gasteiger partial charge on any atom is -0.337 e. The zero-order valence-electron chi connectivity index (χ0n) is 16.5. The van der Waals surface area contributed by atoms with Crippen molar-refractivity contribution in [1.29, 1.82) is 0 Å². The number of halogens is 2. The van der Waals surface area contributed by atoms with E-state index in [1.165, 1.54) is 12.1 Å². The maximum absolute atomic E-state index is 14.0. The second-order valence-corrected chi connectivity index (χ2v) is 9.29. The molecule has 0 bridgehead atoms. The Morgan fingerprint density at radius 2 is 1.80 bits per heavy atom. The van der Waals surface area contributed by atoms with Crippen LogP contribution >= 0.6 is 11.6 Å². The van der Waals surface area contributed by atoms with Crippen LogP contribution in [-0.2, 0) is 21.4 Å². The molecule has 3 rings (SSSR count). The summed E-state index contributed by atoms with van der Waals surface area (Å²) in [6.45, 7) is 2.78. The molecular weight excluding hydrogens is 429 g/mol. The van der Waals surface area contributed by atoms with E-state index in [1.54, 1.807) is 47.4 Å². The highest BCUT2D eigenvalue weighted by molar-refractivity contribution is 7.92. The van der Waals surface area contributed by atoms with Crippen molar-refractivity contribution in [1.82, 2.24) is 9.80 Å². The molecule has 1 fully saturated rings. The van der Waals surface area contributed by atoms with Gasteiger partial charge in [-0.1, -0.05) is 29.8 Å². The number of anilines is 1. The molecule has 0 saturated carbocycles. The van der Waals surface area contributed by atoms with Gasteiger partial charge in [0.25, 0.3) is 0 Å². The van der Waals surface area contributed by atoms with Crippen molar-refractivity contribution in [3.8, 4) is 0 Å². The lowest BCUT2D eigenvalue weighted by molar-refractivity contribution is -0.127. The van der Waals surface area contributed by atoms with E-state index in [4.69, 9.17) is 11.6 Å². The molecule has 0 atom stereocenters. The molecule has 1 saturated heterocycles. The first kappa shape index (κ1) is 22.3. The molecular formula is C21H23ClFN3O3S. The third-order valence-corrected chi connectivity index (χ3v) is 5.72. The molecule has 160 valence electrons. The summed E-state index contributed by atoms with van der Waals surface area (Å²) >= 11 is 6.09. The lowest BCUT2D eigenvalue weighted by Crippen LogP contribution is -2.47.